The van der Waals surface area contributed by atoms with E-state index < -0.39 is 5.91 Å². The van der Waals surface area contributed by atoms with Crippen molar-refractivity contribution in [2.45, 2.75) is 27.4 Å². The van der Waals surface area contributed by atoms with E-state index in [1.165, 1.54) is 5.56 Å². The Morgan fingerprint density at radius 1 is 0.912 bits per heavy atom. The number of benzene rings is 4. The normalized spacial score (nSPS) is 11.2. The first-order chi connectivity index (χ1) is 16.5. The van der Waals surface area contributed by atoms with Gasteiger partial charge in [0.1, 0.15) is 24.0 Å². The second-order valence-corrected chi connectivity index (χ2v) is 8.36. The summed E-state index contributed by atoms with van der Waals surface area (Å²) < 4.78 is 6.17. The molecular formula is C30H26N2O2. The molecule has 0 heterocycles. The standard InChI is InChI=1S/C30H26N2O2/c1-20-11-13-23(14-12-20)19-34-28-16-15-24-9-4-5-10-26(24)27(28)17-25(18-31)30(33)32-29-21(2)7-6-8-22(29)3/h4-17H,19H2,1-3H3,(H,32,33)/b25-17-. The van der Waals surface area contributed by atoms with Gasteiger partial charge in [-0.25, -0.2) is 0 Å². The second-order valence-electron chi connectivity index (χ2n) is 8.36. The van der Waals surface area contributed by atoms with Gasteiger partial charge in [-0.15, -0.1) is 0 Å². The molecule has 0 radical (unpaired) electrons. The molecule has 1 amide bonds. The molecule has 0 aromatic heterocycles. The zero-order chi connectivity index (χ0) is 24.1. The first-order valence-electron chi connectivity index (χ1n) is 11.2. The Kier molecular flexibility index (Phi) is 6.75. The molecule has 4 rings (SSSR count). The zero-order valence-electron chi connectivity index (χ0n) is 19.6. The molecule has 0 aliphatic carbocycles. The summed E-state index contributed by atoms with van der Waals surface area (Å²) in [7, 11) is 0. The molecule has 0 fully saturated rings. The lowest BCUT2D eigenvalue weighted by atomic mass is 10.0. The van der Waals surface area contributed by atoms with E-state index in [0.29, 0.717) is 17.9 Å². The van der Waals surface area contributed by atoms with Crippen molar-refractivity contribution < 1.29 is 9.53 Å². The number of anilines is 1. The fourth-order valence-electron chi connectivity index (χ4n) is 3.88. The first-order valence-corrected chi connectivity index (χ1v) is 11.2. The maximum atomic E-state index is 13.1. The molecule has 1 N–H and O–H groups in total. The molecule has 0 saturated heterocycles. The third-order valence-corrected chi connectivity index (χ3v) is 5.82. The minimum atomic E-state index is -0.447. The minimum absolute atomic E-state index is 0.0131. The monoisotopic (exact) mass is 446 g/mol. The van der Waals surface area contributed by atoms with Gasteiger partial charge < -0.3 is 10.1 Å². The van der Waals surface area contributed by atoms with Gasteiger partial charge in [-0.05, 0) is 60.4 Å². The van der Waals surface area contributed by atoms with Crippen molar-refractivity contribution in [3.05, 3.63) is 112 Å². The largest absolute Gasteiger partial charge is 0.488 e. The number of hydrogen-bond acceptors (Lipinski definition) is 3. The second kappa shape index (κ2) is 10.1. The smallest absolute Gasteiger partial charge is 0.266 e. The molecular weight excluding hydrogens is 420 g/mol. The van der Waals surface area contributed by atoms with E-state index in [-0.39, 0.29) is 5.57 Å². The molecule has 4 nitrogen and oxygen atoms in total. The zero-order valence-corrected chi connectivity index (χ0v) is 19.6. The number of carbonyl (C=O) groups is 1. The number of para-hydroxylation sites is 1. The van der Waals surface area contributed by atoms with Crippen LogP contribution in [0.25, 0.3) is 16.8 Å². The predicted molar refractivity (Wildman–Crippen MR) is 138 cm³/mol. The third-order valence-electron chi connectivity index (χ3n) is 5.82. The van der Waals surface area contributed by atoms with E-state index in [9.17, 15) is 10.1 Å². The van der Waals surface area contributed by atoms with Gasteiger partial charge in [0, 0.05) is 11.3 Å². The fourth-order valence-corrected chi connectivity index (χ4v) is 3.88. The van der Waals surface area contributed by atoms with Crippen LogP contribution in [0, 0.1) is 32.1 Å². The predicted octanol–water partition coefficient (Wildman–Crippen LogP) is 6.89. The number of rotatable bonds is 6. The van der Waals surface area contributed by atoms with Crippen LogP contribution in [0.5, 0.6) is 5.75 Å². The van der Waals surface area contributed by atoms with Crippen molar-refractivity contribution in [1.29, 1.82) is 5.26 Å². The molecule has 0 aliphatic rings. The highest BCUT2D eigenvalue weighted by Crippen LogP contribution is 2.31. The van der Waals surface area contributed by atoms with Crippen molar-refractivity contribution in [3.63, 3.8) is 0 Å². The quantitative estimate of drug-likeness (QED) is 0.259. The number of nitriles is 1. The average molecular weight is 447 g/mol. The van der Waals surface area contributed by atoms with E-state index in [0.717, 1.165) is 33.2 Å². The van der Waals surface area contributed by atoms with Gasteiger partial charge in [-0.3, -0.25) is 4.79 Å². The summed E-state index contributed by atoms with van der Waals surface area (Å²) in [5.74, 6) is 0.171. The molecule has 0 saturated carbocycles. The highest BCUT2D eigenvalue weighted by atomic mass is 16.5. The van der Waals surface area contributed by atoms with Gasteiger partial charge in [-0.2, -0.15) is 5.26 Å². The Labute approximate surface area is 200 Å². The molecule has 0 bridgehead atoms. The van der Waals surface area contributed by atoms with Crippen molar-refractivity contribution >= 4 is 28.4 Å². The van der Waals surface area contributed by atoms with E-state index >= 15 is 0 Å². The number of carbonyl (C=O) groups excluding carboxylic acids is 1. The third kappa shape index (κ3) is 5.00. The Bertz CT molecular complexity index is 1410. The van der Waals surface area contributed by atoms with E-state index in [2.05, 4.69) is 11.4 Å². The lowest BCUT2D eigenvalue weighted by Gasteiger charge is -2.14. The number of fused-ring (bicyclic) bond motifs is 1. The maximum absolute atomic E-state index is 13.1. The number of hydrogen-bond donors (Lipinski definition) is 1. The van der Waals surface area contributed by atoms with Crippen LogP contribution in [-0.2, 0) is 11.4 Å². The number of nitrogens with zero attached hydrogens (tertiary/aromatic N) is 1. The summed E-state index contributed by atoms with van der Waals surface area (Å²) >= 11 is 0. The van der Waals surface area contributed by atoms with Gasteiger partial charge in [0.25, 0.3) is 5.91 Å². The topological polar surface area (TPSA) is 62.1 Å². The number of aryl methyl sites for hydroxylation is 3. The number of ether oxygens (including phenoxy) is 1. The van der Waals surface area contributed by atoms with Gasteiger partial charge in [-0.1, -0.05) is 78.4 Å². The Morgan fingerprint density at radius 3 is 2.32 bits per heavy atom. The molecule has 34 heavy (non-hydrogen) atoms. The molecule has 4 aromatic rings. The van der Waals surface area contributed by atoms with E-state index in [1.807, 2.05) is 99.6 Å². The number of amides is 1. The summed E-state index contributed by atoms with van der Waals surface area (Å²) in [6, 6.07) is 27.8. The molecule has 168 valence electrons. The summed E-state index contributed by atoms with van der Waals surface area (Å²) in [5.41, 5.74) is 5.56. The summed E-state index contributed by atoms with van der Waals surface area (Å²) in [5, 5.41) is 14.7. The SMILES string of the molecule is Cc1ccc(COc2ccc3ccccc3c2/C=C(/C#N)C(=O)Nc2c(C)cccc2C)cc1. The lowest BCUT2D eigenvalue weighted by molar-refractivity contribution is -0.112. The van der Waals surface area contributed by atoms with Crippen molar-refractivity contribution in [3.8, 4) is 11.8 Å². The van der Waals surface area contributed by atoms with Crippen molar-refractivity contribution in [1.82, 2.24) is 0 Å². The molecule has 0 aliphatic heterocycles. The van der Waals surface area contributed by atoms with Crippen LogP contribution in [0.3, 0.4) is 0 Å². The van der Waals surface area contributed by atoms with Crippen LogP contribution in [0.4, 0.5) is 5.69 Å². The van der Waals surface area contributed by atoms with Crippen LogP contribution < -0.4 is 10.1 Å². The van der Waals surface area contributed by atoms with Crippen LogP contribution in [0.15, 0.2) is 84.4 Å². The molecule has 0 unspecified atom stereocenters. The van der Waals surface area contributed by atoms with Crippen LogP contribution in [-0.4, -0.2) is 5.91 Å². The first kappa shape index (κ1) is 22.8. The summed E-state index contributed by atoms with van der Waals surface area (Å²) in [4.78, 5) is 13.1. The van der Waals surface area contributed by atoms with E-state index in [1.54, 1.807) is 6.08 Å². The van der Waals surface area contributed by atoms with E-state index in [4.69, 9.17) is 4.74 Å². The van der Waals surface area contributed by atoms with Gasteiger partial charge in [0.15, 0.2) is 0 Å². The average Bonchev–Trinajstić information content (AvgIpc) is 2.84. The Morgan fingerprint density at radius 2 is 1.62 bits per heavy atom. The summed E-state index contributed by atoms with van der Waals surface area (Å²) in [6.45, 7) is 6.29. The van der Waals surface area contributed by atoms with Crippen LogP contribution in [0.2, 0.25) is 0 Å². The maximum Gasteiger partial charge on any atom is 0.266 e. The Hall–Kier alpha value is -4.36. The van der Waals surface area contributed by atoms with Gasteiger partial charge in [0.05, 0.1) is 0 Å². The van der Waals surface area contributed by atoms with Crippen LogP contribution in [0.1, 0.15) is 27.8 Å². The Balaban J connectivity index is 1.71. The van der Waals surface area contributed by atoms with Crippen molar-refractivity contribution in [2.24, 2.45) is 0 Å². The van der Waals surface area contributed by atoms with Gasteiger partial charge in [0.2, 0.25) is 0 Å². The molecule has 0 spiro atoms. The van der Waals surface area contributed by atoms with Crippen LogP contribution >= 0.6 is 0 Å². The minimum Gasteiger partial charge on any atom is -0.488 e. The molecule has 4 aromatic carbocycles. The van der Waals surface area contributed by atoms with Crippen molar-refractivity contribution in [2.75, 3.05) is 5.32 Å². The number of nitrogens with one attached hydrogen (secondary N) is 1. The molecule has 4 heteroatoms. The fraction of sp³-hybridized carbons (Fsp3) is 0.133. The highest BCUT2D eigenvalue weighted by Gasteiger charge is 2.15. The summed E-state index contributed by atoms with van der Waals surface area (Å²) in [6.07, 6.45) is 1.62. The molecule has 0 atom stereocenters. The lowest BCUT2D eigenvalue weighted by Crippen LogP contribution is -2.15. The van der Waals surface area contributed by atoms with Gasteiger partial charge >= 0.3 is 0 Å². The highest BCUT2D eigenvalue weighted by molar-refractivity contribution is 6.11.